The maximum Gasteiger partial charge on any atom is 0.141 e. The van der Waals surface area contributed by atoms with Crippen molar-refractivity contribution < 1.29 is 49.8 Å². The minimum absolute atomic E-state index is 0.0610. The molecular formula is C18H36O10. The van der Waals surface area contributed by atoms with E-state index in [9.17, 15) is 0 Å². The highest BCUT2D eigenvalue weighted by atomic mass is 17.9. The summed E-state index contributed by atoms with van der Waals surface area (Å²) in [5.74, 6) is 0.266. The van der Waals surface area contributed by atoms with E-state index in [0.29, 0.717) is 6.61 Å². The molecule has 0 fully saturated rings. The van der Waals surface area contributed by atoms with Gasteiger partial charge in [-0.05, 0) is 36.7 Å². The molecule has 0 aromatic heterocycles. The van der Waals surface area contributed by atoms with Crippen molar-refractivity contribution in [3.8, 4) is 0 Å². The number of hydrogen-bond donors (Lipinski definition) is 0. The van der Waals surface area contributed by atoms with Crippen molar-refractivity contribution in [2.24, 2.45) is 0 Å². The first-order valence-corrected chi connectivity index (χ1v) is 9.94. The van der Waals surface area contributed by atoms with Crippen molar-refractivity contribution in [3.05, 3.63) is 12.3 Å². The van der Waals surface area contributed by atoms with Crippen LogP contribution in [-0.2, 0) is 49.8 Å². The zero-order valence-electron chi connectivity index (χ0n) is 17.2. The van der Waals surface area contributed by atoms with E-state index in [1.807, 2.05) is 0 Å². The Morgan fingerprint density at radius 3 is 1.68 bits per heavy atom. The minimum Gasteiger partial charge on any atom is -0.313 e. The molecule has 0 saturated carbocycles. The van der Waals surface area contributed by atoms with Gasteiger partial charge in [0.25, 0.3) is 0 Å². The van der Waals surface area contributed by atoms with Gasteiger partial charge in [-0.1, -0.05) is 77.7 Å². The molecule has 10 nitrogen and oxygen atoms in total. The molecule has 0 amide bonds. The standard InChI is InChI=1S/C18H36O10/c1-4-5-6-7-8-9-10-11-12-13-14-16-20-24-26-28-27-25-21-17-15-18(2)22-23-19-3/h2,4-17H2,1,3H3. The fourth-order valence-corrected chi connectivity index (χ4v) is 2.25. The molecule has 0 aromatic carbocycles. The fourth-order valence-electron chi connectivity index (χ4n) is 2.25. The summed E-state index contributed by atoms with van der Waals surface area (Å²) < 4.78 is 0. The Kier molecular flexibility index (Phi) is 23.5. The van der Waals surface area contributed by atoms with Gasteiger partial charge in [-0.3, -0.25) is 0 Å². The Morgan fingerprint density at radius 2 is 1.11 bits per heavy atom. The molecule has 0 aliphatic carbocycles. The smallest absolute Gasteiger partial charge is 0.141 e. The summed E-state index contributed by atoms with van der Waals surface area (Å²) in [6.45, 7) is 6.21. The Balaban J connectivity index is 3.04. The molecule has 0 atom stereocenters. The molecule has 10 heteroatoms. The predicted octanol–water partition coefficient (Wildman–Crippen LogP) is 5.32. The first-order chi connectivity index (χ1) is 13.8. The molecule has 0 saturated heterocycles. The second kappa shape index (κ2) is 24.2. The maximum absolute atomic E-state index is 4.74. The van der Waals surface area contributed by atoms with Crippen LogP contribution in [0.4, 0.5) is 0 Å². The van der Waals surface area contributed by atoms with Crippen LogP contribution in [0.1, 0.15) is 84.0 Å². The van der Waals surface area contributed by atoms with E-state index in [1.54, 1.807) is 0 Å². The molecule has 0 rings (SSSR count). The average molecular weight is 412 g/mol. The Bertz CT molecular complexity index is 317. The zero-order chi connectivity index (χ0) is 20.5. The number of rotatable bonds is 24. The highest BCUT2D eigenvalue weighted by Gasteiger charge is 2.00. The Hall–Kier alpha value is -0.820. The molecule has 0 aromatic rings. The van der Waals surface area contributed by atoms with Gasteiger partial charge >= 0.3 is 0 Å². The van der Waals surface area contributed by atoms with Crippen LogP contribution < -0.4 is 0 Å². The third kappa shape index (κ3) is 23.2. The van der Waals surface area contributed by atoms with E-state index in [1.165, 1.54) is 64.9 Å². The molecule has 0 aliphatic heterocycles. The van der Waals surface area contributed by atoms with Crippen LogP contribution in [0.15, 0.2) is 12.3 Å². The lowest BCUT2D eigenvalue weighted by Crippen LogP contribution is -2.04. The second-order valence-electron chi connectivity index (χ2n) is 6.13. The Morgan fingerprint density at radius 1 is 0.607 bits per heavy atom. The minimum atomic E-state index is 0.0610. The van der Waals surface area contributed by atoms with Crippen molar-refractivity contribution in [1.29, 1.82) is 0 Å². The molecule has 0 aliphatic rings. The topological polar surface area (TPSA) is 92.3 Å². The maximum atomic E-state index is 4.74. The second-order valence-corrected chi connectivity index (χ2v) is 6.13. The molecule has 0 heterocycles. The van der Waals surface area contributed by atoms with Crippen molar-refractivity contribution in [2.45, 2.75) is 84.0 Å². The van der Waals surface area contributed by atoms with Gasteiger partial charge in [-0.25, -0.2) is 9.78 Å². The van der Waals surface area contributed by atoms with Crippen molar-refractivity contribution in [3.63, 3.8) is 0 Å². The van der Waals surface area contributed by atoms with Gasteiger partial charge in [0.1, 0.15) is 5.76 Å². The van der Waals surface area contributed by atoms with Gasteiger partial charge in [-0.15, -0.1) is 0 Å². The first-order valence-electron chi connectivity index (χ1n) is 9.94. The van der Waals surface area contributed by atoms with Crippen LogP contribution >= 0.6 is 0 Å². The Labute approximate surface area is 167 Å². The number of hydrogen-bond acceptors (Lipinski definition) is 10. The van der Waals surface area contributed by atoms with E-state index in [4.69, 9.17) is 4.89 Å². The molecule has 28 heavy (non-hydrogen) atoms. The summed E-state index contributed by atoms with van der Waals surface area (Å²) in [5, 5.41) is 24.8. The molecule has 0 spiro atoms. The van der Waals surface area contributed by atoms with E-state index in [-0.39, 0.29) is 18.8 Å². The molecule has 0 unspecified atom stereocenters. The van der Waals surface area contributed by atoms with Crippen LogP contribution in [0.5, 0.6) is 0 Å². The highest BCUT2D eigenvalue weighted by Crippen LogP contribution is 2.11. The third-order valence-electron chi connectivity index (χ3n) is 3.72. The van der Waals surface area contributed by atoms with Crippen molar-refractivity contribution in [2.75, 3.05) is 20.3 Å². The summed E-state index contributed by atoms with van der Waals surface area (Å²) in [6.07, 6.45) is 14.1. The molecule has 168 valence electrons. The lowest BCUT2D eigenvalue weighted by molar-refractivity contribution is -0.790. The van der Waals surface area contributed by atoms with Gasteiger partial charge < -0.3 is 4.89 Å². The SMILES string of the molecule is C=C(CCOOOOOOOCCCCCCCCCCCCC)OOOC. The highest BCUT2D eigenvalue weighted by molar-refractivity contribution is 4.79. The van der Waals surface area contributed by atoms with Gasteiger partial charge in [-0.2, -0.15) is 4.89 Å². The van der Waals surface area contributed by atoms with Crippen molar-refractivity contribution in [1.82, 2.24) is 0 Å². The quantitative estimate of drug-likeness (QED) is 0.0897. The van der Waals surface area contributed by atoms with E-state index >= 15 is 0 Å². The zero-order valence-corrected chi connectivity index (χ0v) is 17.2. The largest absolute Gasteiger partial charge is 0.313 e. The van der Waals surface area contributed by atoms with Gasteiger partial charge in [0.15, 0.2) is 0 Å². The van der Waals surface area contributed by atoms with Crippen LogP contribution in [0.3, 0.4) is 0 Å². The summed E-state index contributed by atoms with van der Waals surface area (Å²) in [5.41, 5.74) is 0. The summed E-state index contributed by atoms with van der Waals surface area (Å²) >= 11 is 0. The van der Waals surface area contributed by atoms with E-state index < -0.39 is 0 Å². The molecule has 0 N–H and O–H groups in total. The first kappa shape index (κ1) is 27.2. The van der Waals surface area contributed by atoms with E-state index in [0.717, 1.165) is 12.8 Å². The fraction of sp³-hybridized carbons (Fsp3) is 0.889. The monoisotopic (exact) mass is 412 g/mol. The predicted molar refractivity (Wildman–Crippen MR) is 96.7 cm³/mol. The van der Waals surface area contributed by atoms with Crippen LogP contribution in [-0.4, -0.2) is 20.3 Å². The van der Waals surface area contributed by atoms with Crippen LogP contribution in [0, 0.1) is 0 Å². The summed E-state index contributed by atoms with van der Waals surface area (Å²) in [7, 11) is 1.29. The number of unbranched alkanes of at least 4 members (excludes halogenated alkanes) is 10. The van der Waals surface area contributed by atoms with Crippen LogP contribution in [0.25, 0.3) is 0 Å². The molecule has 0 radical (unpaired) electrons. The lowest BCUT2D eigenvalue weighted by atomic mass is 10.1. The van der Waals surface area contributed by atoms with Crippen LogP contribution in [0.2, 0.25) is 0 Å². The molecular weight excluding hydrogens is 376 g/mol. The normalized spacial score (nSPS) is 11.1. The average Bonchev–Trinajstić information content (AvgIpc) is 2.70. The van der Waals surface area contributed by atoms with Gasteiger partial charge in [0.2, 0.25) is 0 Å². The summed E-state index contributed by atoms with van der Waals surface area (Å²) in [4.78, 5) is 18.0. The summed E-state index contributed by atoms with van der Waals surface area (Å²) in [6, 6.07) is 0. The van der Waals surface area contributed by atoms with E-state index in [2.05, 4.69) is 58.4 Å². The molecule has 0 bridgehead atoms. The third-order valence-corrected chi connectivity index (χ3v) is 3.72. The van der Waals surface area contributed by atoms with Gasteiger partial charge in [0.05, 0.1) is 20.3 Å². The van der Waals surface area contributed by atoms with Crippen molar-refractivity contribution >= 4 is 0 Å². The van der Waals surface area contributed by atoms with Gasteiger partial charge in [0, 0.05) is 6.42 Å². The lowest BCUT2D eigenvalue weighted by Gasteiger charge is -2.04.